The first kappa shape index (κ1) is 15.4. The molecule has 0 bridgehead atoms. The van der Waals surface area contributed by atoms with Gasteiger partial charge in [-0.05, 0) is 30.3 Å². The molecule has 2 aromatic rings. The van der Waals surface area contributed by atoms with Crippen LogP contribution in [0.2, 0.25) is 10.0 Å². The highest BCUT2D eigenvalue weighted by Crippen LogP contribution is 2.26. The Bertz CT molecular complexity index is 733. The molecule has 3 nitrogen and oxygen atoms in total. The second-order valence-corrected chi connectivity index (χ2v) is 4.97. The number of carbonyl (C=O) groups is 1. The highest BCUT2D eigenvalue weighted by Gasteiger charge is 2.11. The van der Waals surface area contributed by atoms with Crippen molar-refractivity contribution in [3.63, 3.8) is 0 Å². The maximum Gasteiger partial charge on any atom is 0.256 e. The number of halogens is 2. The summed E-state index contributed by atoms with van der Waals surface area (Å²) in [6.45, 7) is 0.235. The van der Waals surface area contributed by atoms with Gasteiger partial charge in [0.05, 0.1) is 22.8 Å². The molecule has 5 heteroatoms. The fourth-order valence-corrected chi connectivity index (χ4v) is 2.17. The summed E-state index contributed by atoms with van der Waals surface area (Å²) in [4.78, 5) is 12.3. The minimum atomic E-state index is -0.291. The van der Waals surface area contributed by atoms with Gasteiger partial charge in [0.1, 0.15) is 0 Å². The Morgan fingerprint density at radius 2 is 1.95 bits per heavy atom. The predicted molar refractivity (Wildman–Crippen MR) is 86.8 cm³/mol. The first-order valence-corrected chi connectivity index (χ1v) is 6.92. The molecule has 106 valence electrons. The monoisotopic (exact) mass is 318 g/mol. The van der Waals surface area contributed by atoms with E-state index in [0.717, 1.165) is 0 Å². The summed E-state index contributed by atoms with van der Waals surface area (Å²) in [5, 5.41) is 3.62. The molecule has 0 unspecified atom stereocenters. The van der Waals surface area contributed by atoms with Crippen molar-refractivity contribution in [3.05, 3.63) is 63.6 Å². The van der Waals surface area contributed by atoms with Gasteiger partial charge in [0, 0.05) is 10.6 Å². The summed E-state index contributed by atoms with van der Waals surface area (Å²) in [7, 11) is 0. The molecule has 0 saturated carbocycles. The second-order valence-electron chi connectivity index (χ2n) is 4.13. The van der Waals surface area contributed by atoms with Gasteiger partial charge in [0.2, 0.25) is 0 Å². The maximum absolute atomic E-state index is 12.3. The van der Waals surface area contributed by atoms with Gasteiger partial charge >= 0.3 is 0 Å². The molecule has 0 spiro atoms. The third kappa shape index (κ3) is 3.99. The summed E-state index contributed by atoms with van der Waals surface area (Å²) in [6, 6.07) is 11.9. The van der Waals surface area contributed by atoms with Crippen molar-refractivity contribution < 1.29 is 4.79 Å². The number of nitrogens with two attached hydrogens (primary N) is 1. The number of rotatable bonds is 2. The third-order valence-corrected chi connectivity index (χ3v) is 3.22. The van der Waals surface area contributed by atoms with Crippen molar-refractivity contribution in [2.45, 2.75) is 0 Å². The number of benzene rings is 2. The Kier molecular flexibility index (Phi) is 5.24. The fraction of sp³-hybridized carbons (Fsp3) is 0.0625. The van der Waals surface area contributed by atoms with E-state index in [0.29, 0.717) is 26.9 Å². The minimum absolute atomic E-state index is 0.235. The van der Waals surface area contributed by atoms with Crippen LogP contribution >= 0.6 is 23.2 Å². The van der Waals surface area contributed by atoms with E-state index in [1.807, 2.05) is 6.07 Å². The lowest BCUT2D eigenvalue weighted by Crippen LogP contribution is -2.13. The smallest absolute Gasteiger partial charge is 0.256 e. The van der Waals surface area contributed by atoms with Crippen LogP contribution in [0, 0.1) is 11.8 Å². The lowest BCUT2D eigenvalue weighted by atomic mass is 10.1. The highest BCUT2D eigenvalue weighted by molar-refractivity contribution is 6.36. The van der Waals surface area contributed by atoms with E-state index in [4.69, 9.17) is 28.9 Å². The van der Waals surface area contributed by atoms with Gasteiger partial charge in [0.15, 0.2) is 0 Å². The molecule has 0 fully saturated rings. The number of anilines is 1. The summed E-state index contributed by atoms with van der Waals surface area (Å²) in [6.07, 6.45) is 0. The van der Waals surface area contributed by atoms with E-state index < -0.39 is 0 Å². The van der Waals surface area contributed by atoms with Crippen molar-refractivity contribution in [1.82, 2.24) is 0 Å². The number of carbonyl (C=O) groups excluding carboxylic acids is 1. The predicted octanol–water partition coefficient (Wildman–Crippen LogP) is 3.56. The number of nitrogens with one attached hydrogen (secondary N) is 1. The molecular weight excluding hydrogens is 307 g/mol. The van der Waals surface area contributed by atoms with Crippen molar-refractivity contribution in [1.29, 1.82) is 0 Å². The normalized spacial score (nSPS) is 9.67. The zero-order valence-corrected chi connectivity index (χ0v) is 12.5. The van der Waals surface area contributed by atoms with Crippen LogP contribution in [-0.2, 0) is 0 Å². The quantitative estimate of drug-likeness (QED) is 0.832. The molecule has 0 aliphatic rings. The summed E-state index contributed by atoms with van der Waals surface area (Å²) in [5.74, 6) is 5.32. The molecule has 1 amide bonds. The maximum atomic E-state index is 12.3. The Balaban J connectivity index is 2.28. The summed E-state index contributed by atoms with van der Waals surface area (Å²) < 4.78 is 0. The number of hydrogen-bond acceptors (Lipinski definition) is 2. The van der Waals surface area contributed by atoms with Gasteiger partial charge in [-0.2, -0.15) is 0 Å². The van der Waals surface area contributed by atoms with E-state index in [-0.39, 0.29) is 12.5 Å². The molecule has 0 saturated heterocycles. The molecule has 0 atom stereocenters. The van der Waals surface area contributed by atoms with E-state index in [9.17, 15) is 4.79 Å². The lowest BCUT2D eigenvalue weighted by Gasteiger charge is -2.08. The Hall–Kier alpha value is -1.99. The van der Waals surface area contributed by atoms with Crippen molar-refractivity contribution in [2.24, 2.45) is 5.73 Å². The zero-order chi connectivity index (χ0) is 15.2. The fourth-order valence-electron chi connectivity index (χ4n) is 1.72. The van der Waals surface area contributed by atoms with E-state index >= 15 is 0 Å². The van der Waals surface area contributed by atoms with Gasteiger partial charge in [0.25, 0.3) is 5.91 Å². The topological polar surface area (TPSA) is 55.1 Å². The molecule has 2 aromatic carbocycles. The number of amides is 1. The van der Waals surface area contributed by atoms with Gasteiger partial charge < -0.3 is 11.1 Å². The van der Waals surface area contributed by atoms with Crippen LogP contribution < -0.4 is 11.1 Å². The van der Waals surface area contributed by atoms with Crippen LogP contribution in [0.3, 0.4) is 0 Å². The van der Waals surface area contributed by atoms with Gasteiger partial charge in [-0.1, -0.05) is 47.2 Å². The molecule has 3 N–H and O–H groups in total. The van der Waals surface area contributed by atoms with Gasteiger partial charge in [-0.3, -0.25) is 4.79 Å². The molecule has 0 aliphatic heterocycles. The van der Waals surface area contributed by atoms with Crippen molar-refractivity contribution in [2.75, 3.05) is 11.9 Å². The second kappa shape index (κ2) is 7.14. The zero-order valence-electron chi connectivity index (χ0n) is 11.0. The van der Waals surface area contributed by atoms with E-state index in [2.05, 4.69) is 17.2 Å². The van der Waals surface area contributed by atoms with Gasteiger partial charge in [-0.25, -0.2) is 0 Å². The van der Waals surface area contributed by atoms with E-state index in [1.54, 1.807) is 36.4 Å². The van der Waals surface area contributed by atoms with E-state index in [1.165, 1.54) is 0 Å². The average Bonchev–Trinajstić information content (AvgIpc) is 2.48. The standard InChI is InChI=1S/C16H12Cl2N2O/c17-12-7-8-15(14(18)10-12)20-16(21)13-6-2-1-4-11(13)5-3-9-19/h1-2,4,6-8,10H,9,19H2,(H,20,21). The molecule has 0 radical (unpaired) electrons. The van der Waals surface area contributed by atoms with Crippen LogP contribution in [0.1, 0.15) is 15.9 Å². The summed E-state index contributed by atoms with van der Waals surface area (Å²) >= 11 is 11.9. The first-order valence-electron chi connectivity index (χ1n) is 6.16. The van der Waals surface area contributed by atoms with Crippen LogP contribution in [0.4, 0.5) is 5.69 Å². The third-order valence-electron chi connectivity index (χ3n) is 2.68. The first-order chi connectivity index (χ1) is 10.1. The van der Waals surface area contributed by atoms with Crippen LogP contribution in [-0.4, -0.2) is 12.5 Å². The number of hydrogen-bond donors (Lipinski definition) is 2. The van der Waals surface area contributed by atoms with Crippen LogP contribution in [0.5, 0.6) is 0 Å². The van der Waals surface area contributed by atoms with Crippen LogP contribution in [0.25, 0.3) is 0 Å². The Morgan fingerprint density at radius 1 is 1.19 bits per heavy atom. The molecule has 2 rings (SSSR count). The largest absolute Gasteiger partial charge is 0.321 e. The van der Waals surface area contributed by atoms with Gasteiger partial charge in [-0.15, -0.1) is 0 Å². The molecule has 21 heavy (non-hydrogen) atoms. The average molecular weight is 319 g/mol. The summed E-state index contributed by atoms with van der Waals surface area (Å²) in [5.41, 5.74) is 6.93. The van der Waals surface area contributed by atoms with Crippen molar-refractivity contribution >= 4 is 34.8 Å². The molecular formula is C16H12Cl2N2O. The lowest BCUT2D eigenvalue weighted by molar-refractivity contribution is 0.102. The Labute approximate surface area is 133 Å². The van der Waals surface area contributed by atoms with Crippen molar-refractivity contribution in [3.8, 4) is 11.8 Å². The molecule has 0 aromatic heterocycles. The Morgan fingerprint density at radius 3 is 2.67 bits per heavy atom. The minimum Gasteiger partial charge on any atom is -0.321 e. The van der Waals surface area contributed by atoms with Crippen LogP contribution in [0.15, 0.2) is 42.5 Å². The molecule has 0 aliphatic carbocycles. The molecule has 0 heterocycles. The SMILES string of the molecule is NCC#Cc1ccccc1C(=O)Nc1ccc(Cl)cc1Cl. The highest BCUT2D eigenvalue weighted by atomic mass is 35.5.